The summed E-state index contributed by atoms with van der Waals surface area (Å²) in [7, 11) is 0. The Morgan fingerprint density at radius 2 is 1.84 bits per heavy atom. The first-order valence-electron chi connectivity index (χ1n) is 5.43. The van der Waals surface area contributed by atoms with Crippen LogP contribution in [0, 0.1) is 5.82 Å². The highest BCUT2D eigenvalue weighted by Gasteiger charge is 2.11. The molecule has 0 amide bonds. The Labute approximate surface area is 119 Å². The maximum Gasteiger partial charge on any atom is 0.307 e. The molecule has 0 aliphatic heterocycles. The van der Waals surface area contributed by atoms with Crippen molar-refractivity contribution in [1.82, 2.24) is 0 Å². The van der Waals surface area contributed by atoms with Gasteiger partial charge in [-0.3, -0.25) is 4.79 Å². The van der Waals surface area contributed by atoms with Gasteiger partial charge in [-0.2, -0.15) is 0 Å². The largest absolute Gasteiger partial charge is 0.481 e. The molecule has 0 unspecified atom stereocenters. The van der Waals surface area contributed by atoms with E-state index in [1.807, 2.05) is 0 Å². The van der Waals surface area contributed by atoms with Crippen molar-refractivity contribution in [3.63, 3.8) is 0 Å². The number of halogens is 3. The molecule has 19 heavy (non-hydrogen) atoms. The average Bonchev–Trinajstić information content (AvgIpc) is 2.31. The summed E-state index contributed by atoms with van der Waals surface area (Å²) in [5, 5.41) is 9.52. The fourth-order valence-electron chi connectivity index (χ4n) is 1.77. The number of hydrogen-bond acceptors (Lipinski definition) is 1. The van der Waals surface area contributed by atoms with Gasteiger partial charge in [0.25, 0.3) is 0 Å². The molecule has 0 atom stereocenters. The zero-order valence-electron chi connectivity index (χ0n) is 9.66. The molecule has 1 N–H and O–H groups in total. The van der Waals surface area contributed by atoms with Crippen LogP contribution in [0.2, 0.25) is 10.0 Å². The fourth-order valence-corrected chi connectivity index (χ4v) is 2.28. The van der Waals surface area contributed by atoms with Crippen molar-refractivity contribution in [2.45, 2.75) is 6.42 Å². The number of carbonyl (C=O) groups is 1. The highest BCUT2D eigenvalue weighted by molar-refractivity contribution is 6.36. The Morgan fingerprint density at radius 1 is 1.11 bits per heavy atom. The van der Waals surface area contributed by atoms with E-state index in [-0.39, 0.29) is 12.0 Å². The third-order valence-electron chi connectivity index (χ3n) is 2.61. The molecule has 0 saturated carbocycles. The maximum absolute atomic E-state index is 13.8. The number of aliphatic carboxylic acids is 1. The lowest BCUT2D eigenvalue weighted by atomic mass is 10.0. The lowest BCUT2D eigenvalue weighted by Gasteiger charge is -2.08. The van der Waals surface area contributed by atoms with Gasteiger partial charge in [-0.25, -0.2) is 4.39 Å². The van der Waals surface area contributed by atoms with Crippen LogP contribution in [0.15, 0.2) is 36.4 Å². The first-order valence-corrected chi connectivity index (χ1v) is 6.18. The minimum absolute atomic E-state index is 0.168. The molecular weight excluding hydrogens is 290 g/mol. The van der Waals surface area contributed by atoms with Crippen molar-refractivity contribution in [2.24, 2.45) is 0 Å². The van der Waals surface area contributed by atoms with E-state index in [1.165, 1.54) is 24.3 Å². The van der Waals surface area contributed by atoms with Gasteiger partial charge < -0.3 is 5.11 Å². The smallest absolute Gasteiger partial charge is 0.307 e. The van der Waals surface area contributed by atoms with Gasteiger partial charge in [-0.1, -0.05) is 35.3 Å². The van der Waals surface area contributed by atoms with Crippen LogP contribution < -0.4 is 0 Å². The average molecular weight is 299 g/mol. The normalized spacial score (nSPS) is 10.5. The lowest BCUT2D eigenvalue weighted by Crippen LogP contribution is -2.00. The molecule has 0 fully saturated rings. The van der Waals surface area contributed by atoms with Gasteiger partial charge in [0.2, 0.25) is 0 Å². The van der Waals surface area contributed by atoms with Crippen molar-refractivity contribution in [2.75, 3.05) is 0 Å². The first-order chi connectivity index (χ1) is 8.97. The van der Waals surface area contributed by atoms with Crippen molar-refractivity contribution in [3.05, 3.63) is 57.8 Å². The van der Waals surface area contributed by atoms with E-state index in [2.05, 4.69) is 0 Å². The van der Waals surface area contributed by atoms with Gasteiger partial charge in [0.05, 0.1) is 6.42 Å². The second-order valence-corrected chi connectivity index (χ2v) is 4.85. The minimum atomic E-state index is -0.972. The monoisotopic (exact) mass is 298 g/mol. The topological polar surface area (TPSA) is 37.3 Å². The Kier molecular flexibility index (Phi) is 4.08. The molecule has 2 nitrogen and oxygen atoms in total. The van der Waals surface area contributed by atoms with Gasteiger partial charge in [0, 0.05) is 21.2 Å². The number of hydrogen-bond donors (Lipinski definition) is 1. The summed E-state index contributed by atoms with van der Waals surface area (Å²) in [6.07, 6.45) is -0.168. The summed E-state index contributed by atoms with van der Waals surface area (Å²) in [6, 6.07) is 8.88. The van der Waals surface area contributed by atoms with Crippen molar-refractivity contribution >= 4 is 29.2 Å². The second kappa shape index (κ2) is 5.59. The summed E-state index contributed by atoms with van der Waals surface area (Å²) in [5.41, 5.74) is 1.26. The predicted molar refractivity (Wildman–Crippen MR) is 73.2 cm³/mol. The van der Waals surface area contributed by atoms with Gasteiger partial charge in [0.1, 0.15) is 5.82 Å². The van der Waals surface area contributed by atoms with E-state index >= 15 is 0 Å². The van der Waals surface area contributed by atoms with Crippen LogP contribution in [0.1, 0.15) is 5.56 Å². The molecule has 5 heteroatoms. The Morgan fingerprint density at radius 3 is 2.47 bits per heavy atom. The molecule has 0 bridgehead atoms. The Bertz CT molecular complexity index is 641. The van der Waals surface area contributed by atoms with E-state index in [1.54, 1.807) is 12.1 Å². The van der Waals surface area contributed by atoms with Crippen LogP contribution >= 0.6 is 23.2 Å². The van der Waals surface area contributed by atoms with Crippen molar-refractivity contribution in [1.29, 1.82) is 0 Å². The van der Waals surface area contributed by atoms with E-state index in [0.29, 0.717) is 21.2 Å². The van der Waals surface area contributed by atoms with E-state index in [0.717, 1.165) is 0 Å². The van der Waals surface area contributed by atoms with Crippen LogP contribution in [-0.4, -0.2) is 11.1 Å². The number of carboxylic acid groups (broad SMARTS) is 1. The number of rotatable bonds is 3. The first kappa shape index (κ1) is 13.8. The van der Waals surface area contributed by atoms with Crippen molar-refractivity contribution < 1.29 is 14.3 Å². The standard InChI is InChI=1S/C14H9Cl2FO2/c15-9-2-3-10(12(16)7-9)11-5-8(6-14(18)19)1-4-13(11)17/h1-5,7H,6H2,(H,18,19). The quantitative estimate of drug-likeness (QED) is 0.910. The molecule has 98 valence electrons. The van der Waals surface area contributed by atoms with Crippen LogP contribution in [0.25, 0.3) is 11.1 Å². The van der Waals surface area contributed by atoms with Crippen LogP contribution in [-0.2, 0) is 11.2 Å². The molecule has 2 aromatic carbocycles. The molecular formula is C14H9Cl2FO2. The highest BCUT2D eigenvalue weighted by Crippen LogP contribution is 2.32. The zero-order chi connectivity index (χ0) is 14.0. The van der Waals surface area contributed by atoms with Crippen LogP contribution in [0.3, 0.4) is 0 Å². The van der Waals surface area contributed by atoms with Crippen LogP contribution in [0.4, 0.5) is 4.39 Å². The minimum Gasteiger partial charge on any atom is -0.481 e. The molecule has 0 aliphatic carbocycles. The molecule has 2 aromatic rings. The number of benzene rings is 2. The SMILES string of the molecule is O=C(O)Cc1ccc(F)c(-c2ccc(Cl)cc2Cl)c1. The third-order valence-corrected chi connectivity index (χ3v) is 3.16. The highest BCUT2D eigenvalue weighted by atomic mass is 35.5. The summed E-state index contributed by atoms with van der Waals surface area (Å²) >= 11 is 11.8. The third kappa shape index (κ3) is 3.25. The predicted octanol–water partition coefficient (Wildman–Crippen LogP) is 4.43. The van der Waals surface area contributed by atoms with Gasteiger partial charge >= 0.3 is 5.97 Å². The van der Waals surface area contributed by atoms with Crippen LogP contribution in [0.5, 0.6) is 0 Å². The number of carboxylic acids is 1. The molecule has 0 aliphatic rings. The molecule has 2 rings (SSSR count). The van der Waals surface area contributed by atoms with Gasteiger partial charge in [-0.05, 0) is 29.8 Å². The zero-order valence-corrected chi connectivity index (χ0v) is 11.2. The molecule has 0 heterocycles. The fraction of sp³-hybridized carbons (Fsp3) is 0.0714. The Balaban J connectivity index is 2.51. The summed E-state index contributed by atoms with van der Waals surface area (Å²) in [4.78, 5) is 10.7. The van der Waals surface area contributed by atoms with E-state index in [9.17, 15) is 9.18 Å². The second-order valence-electron chi connectivity index (χ2n) is 4.01. The lowest BCUT2D eigenvalue weighted by molar-refractivity contribution is -0.136. The molecule has 0 aromatic heterocycles. The Hall–Kier alpha value is -1.58. The molecule has 0 spiro atoms. The summed E-state index contributed by atoms with van der Waals surface area (Å²) < 4.78 is 13.8. The van der Waals surface area contributed by atoms with Crippen molar-refractivity contribution in [3.8, 4) is 11.1 Å². The maximum atomic E-state index is 13.8. The van der Waals surface area contributed by atoms with Gasteiger partial charge in [0.15, 0.2) is 0 Å². The molecule has 0 saturated heterocycles. The van der Waals surface area contributed by atoms with Gasteiger partial charge in [-0.15, -0.1) is 0 Å². The molecule has 0 radical (unpaired) electrons. The summed E-state index contributed by atoms with van der Waals surface area (Å²) in [5.74, 6) is -1.43. The van der Waals surface area contributed by atoms with E-state index in [4.69, 9.17) is 28.3 Å². The summed E-state index contributed by atoms with van der Waals surface area (Å²) in [6.45, 7) is 0. The van der Waals surface area contributed by atoms with E-state index < -0.39 is 11.8 Å².